The van der Waals surface area contributed by atoms with Crippen LogP contribution in [0.15, 0.2) is 36.4 Å². The number of hydrogen-bond donors (Lipinski definition) is 2. The third-order valence-electron chi connectivity index (χ3n) is 4.60. The summed E-state index contributed by atoms with van der Waals surface area (Å²) in [5.41, 5.74) is 0.283. The zero-order valence-corrected chi connectivity index (χ0v) is 13.9. The highest BCUT2D eigenvalue weighted by atomic mass is 19.2. The standard InChI is InChI=1S/C19H18F4N2O/c20-14-2-1-3-15(21)13(14)9-19(26)25-18-10-24-7-6-12(18)11-4-5-16(22)17(23)8-11/h1-5,8,12,18,24H,6-7,9-10H2,(H,25,26). The van der Waals surface area contributed by atoms with Gasteiger partial charge in [0.25, 0.3) is 0 Å². The van der Waals surface area contributed by atoms with Crippen molar-refractivity contribution in [2.75, 3.05) is 13.1 Å². The second-order valence-corrected chi connectivity index (χ2v) is 6.32. The quantitative estimate of drug-likeness (QED) is 0.817. The van der Waals surface area contributed by atoms with Crippen LogP contribution in [0.25, 0.3) is 0 Å². The fraction of sp³-hybridized carbons (Fsp3) is 0.316. The number of amides is 1. The summed E-state index contributed by atoms with van der Waals surface area (Å²) in [4.78, 5) is 12.3. The first-order valence-corrected chi connectivity index (χ1v) is 8.33. The number of nitrogens with one attached hydrogen (secondary N) is 2. The number of halogens is 4. The van der Waals surface area contributed by atoms with Crippen LogP contribution in [0.5, 0.6) is 0 Å². The Kier molecular flexibility index (Phi) is 5.56. The topological polar surface area (TPSA) is 41.1 Å². The largest absolute Gasteiger partial charge is 0.351 e. The van der Waals surface area contributed by atoms with Gasteiger partial charge in [-0.3, -0.25) is 4.79 Å². The molecule has 0 bridgehead atoms. The van der Waals surface area contributed by atoms with Gasteiger partial charge in [0.05, 0.1) is 6.42 Å². The Labute approximate surface area is 148 Å². The molecule has 1 heterocycles. The van der Waals surface area contributed by atoms with E-state index in [1.807, 2.05) is 0 Å². The van der Waals surface area contributed by atoms with Crippen LogP contribution in [-0.4, -0.2) is 25.0 Å². The van der Waals surface area contributed by atoms with E-state index in [-0.39, 0.29) is 11.5 Å². The highest BCUT2D eigenvalue weighted by Crippen LogP contribution is 2.27. The van der Waals surface area contributed by atoms with Crippen molar-refractivity contribution in [3.05, 3.63) is 70.8 Å². The Balaban J connectivity index is 1.74. The second kappa shape index (κ2) is 7.86. The minimum atomic E-state index is -0.945. The molecule has 26 heavy (non-hydrogen) atoms. The third-order valence-corrected chi connectivity index (χ3v) is 4.60. The maximum Gasteiger partial charge on any atom is 0.224 e. The molecule has 0 spiro atoms. The summed E-state index contributed by atoms with van der Waals surface area (Å²) >= 11 is 0. The van der Waals surface area contributed by atoms with Crippen molar-refractivity contribution in [3.63, 3.8) is 0 Å². The summed E-state index contributed by atoms with van der Waals surface area (Å²) in [5.74, 6) is -4.19. The Morgan fingerprint density at radius 1 is 1.04 bits per heavy atom. The molecule has 1 saturated heterocycles. The molecule has 1 amide bonds. The molecule has 0 aromatic heterocycles. The first-order chi connectivity index (χ1) is 12.5. The molecule has 1 fully saturated rings. The van der Waals surface area contributed by atoms with Gasteiger partial charge in [-0.15, -0.1) is 0 Å². The monoisotopic (exact) mass is 366 g/mol. The van der Waals surface area contributed by atoms with E-state index in [4.69, 9.17) is 0 Å². The molecule has 7 heteroatoms. The maximum absolute atomic E-state index is 13.7. The molecule has 138 valence electrons. The third kappa shape index (κ3) is 4.04. The van der Waals surface area contributed by atoms with Gasteiger partial charge < -0.3 is 10.6 Å². The van der Waals surface area contributed by atoms with Crippen LogP contribution in [0.1, 0.15) is 23.5 Å². The van der Waals surface area contributed by atoms with Gasteiger partial charge >= 0.3 is 0 Å². The molecular formula is C19H18F4N2O. The van der Waals surface area contributed by atoms with E-state index in [0.29, 0.717) is 25.1 Å². The highest BCUT2D eigenvalue weighted by Gasteiger charge is 2.28. The van der Waals surface area contributed by atoms with E-state index < -0.39 is 41.6 Å². The summed E-state index contributed by atoms with van der Waals surface area (Å²) in [6, 6.07) is 6.70. The zero-order chi connectivity index (χ0) is 18.7. The predicted molar refractivity (Wildman–Crippen MR) is 88.6 cm³/mol. The van der Waals surface area contributed by atoms with E-state index in [1.165, 1.54) is 12.1 Å². The maximum atomic E-state index is 13.7. The molecule has 2 N–H and O–H groups in total. The van der Waals surface area contributed by atoms with Crippen molar-refractivity contribution in [2.24, 2.45) is 0 Å². The van der Waals surface area contributed by atoms with Crippen LogP contribution in [0, 0.1) is 23.3 Å². The van der Waals surface area contributed by atoms with E-state index in [0.717, 1.165) is 24.3 Å². The molecule has 3 nitrogen and oxygen atoms in total. The number of piperidine rings is 1. The first-order valence-electron chi connectivity index (χ1n) is 8.33. The minimum absolute atomic E-state index is 0.222. The smallest absolute Gasteiger partial charge is 0.224 e. The lowest BCUT2D eigenvalue weighted by molar-refractivity contribution is -0.121. The van der Waals surface area contributed by atoms with Crippen molar-refractivity contribution in [1.82, 2.24) is 10.6 Å². The van der Waals surface area contributed by atoms with E-state index >= 15 is 0 Å². The second-order valence-electron chi connectivity index (χ2n) is 6.32. The van der Waals surface area contributed by atoms with Crippen LogP contribution in [0.3, 0.4) is 0 Å². The van der Waals surface area contributed by atoms with Gasteiger partial charge in [-0.05, 0) is 42.8 Å². The molecule has 2 aromatic carbocycles. The van der Waals surface area contributed by atoms with E-state index in [2.05, 4.69) is 10.6 Å². The lowest BCUT2D eigenvalue weighted by atomic mass is 9.86. The Bertz CT molecular complexity index is 792. The van der Waals surface area contributed by atoms with Crippen molar-refractivity contribution >= 4 is 5.91 Å². The summed E-state index contributed by atoms with van der Waals surface area (Å²) in [6.45, 7) is 1.09. The van der Waals surface area contributed by atoms with E-state index in [9.17, 15) is 22.4 Å². The number of benzene rings is 2. The normalized spacial score (nSPS) is 20.0. The molecule has 2 unspecified atom stereocenters. The van der Waals surface area contributed by atoms with Crippen LogP contribution in [-0.2, 0) is 11.2 Å². The molecule has 0 radical (unpaired) electrons. The lowest BCUT2D eigenvalue weighted by Gasteiger charge is -2.33. The van der Waals surface area contributed by atoms with Gasteiger partial charge in [0.15, 0.2) is 11.6 Å². The SMILES string of the molecule is O=C(Cc1c(F)cccc1F)NC1CNCCC1c1ccc(F)c(F)c1. The van der Waals surface area contributed by atoms with Gasteiger partial charge in [0.1, 0.15) is 11.6 Å². The highest BCUT2D eigenvalue weighted by molar-refractivity contribution is 5.79. The predicted octanol–water partition coefficient (Wildman–Crippen LogP) is 3.05. The van der Waals surface area contributed by atoms with Crippen molar-refractivity contribution < 1.29 is 22.4 Å². The first kappa shape index (κ1) is 18.4. The average Bonchev–Trinajstić information content (AvgIpc) is 2.61. The van der Waals surface area contributed by atoms with Crippen molar-refractivity contribution in [1.29, 1.82) is 0 Å². The molecule has 3 rings (SSSR count). The summed E-state index contributed by atoms with van der Waals surface area (Å²) in [7, 11) is 0. The van der Waals surface area contributed by atoms with Crippen LogP contribution in [0.2, 0.25) is 0 Å². The van der Waals surface area contributed by atoms with Crippen LogP contribution < -0.4 is 10.6 Å². The molecular weight excluding hydrogens is 348 g/mol. The van der Waals surface area contributed by atoms with Gasteiger partial charge in [0.2, 0.25) is 5.91 Å². The molecule has 1 aliphatic heterocycles. The number of carbonyl (C=O) groups excluding carboxylic acids is 1. The molecule has 2 aromatic rings. The minimum Gasteiger partial charge on any atom is -0.351 e. The average molecular weight is 366 g/mol. The Morgan fingerprint density at radius 3 is 2.46 bits per heavy atom. The number of hydrogen-bond acceptors (Lipinski definition) is 2. The summed E-state index contributed by atoms with van der Waals surface area (Å²) in [5, 5.41) is 5.88. The molecule has 1 aliphatic rings. The van der Waals surface area contributed by atoms with E-state index in [1.54, 1.807) is 0 Å². The molecule has 0 aliphatic carbocycles. The molecule has 0 saturated carbocycles. The van der Waals surface area contributed by atoms with Crippen molar-refractivity contribution in [2.45, 2.75) is 24.8 Å². The lowest BCUT2D eigenvalue weighted by Crippen LogP contribution is -2.50. The van der Waals surface area contributed by atoms with Crippen molar-refractivity contribution in [3.8, 4) is 0 Å². The summed E-state index contributed by atoms with van der Waals surface area (Å²) < 4.78 is 54.1. The zero-order valence-electron chi connectivity index (χ0n) is 13.9. The molecule has 2 atom stereocenters. The Hall–Kier alpha value is -2.41. The van der Waals surface area contributed by atoms with Gasteiger partial charge in [-0.1, -0.05) is 12.1 Å². The fourth-order valence-electron chi connectivity index (χ4n) is 3.27. The van der Waals surface area contributed by atoms with Gasteiger partial charge in [-0.25, -0.2) is 17.6 Å². The van der Waals surface area contributed by atoms with Crippen LogP contribution >= 0.6 is 0 Å². The summed E-state index contributed by atoms with van der Waals surface area (Å²) in [6.07, 6.45) is 0.184. The fourth-order valence-corrected chi connectivity index (χ4v) is 3.27. The Morgan fingerprint density at radius 2 is 1.77 bits per heavy atom. The van der Waals surface area contributed by atoms with Crippen LogP contribution in [0.4, 0.5) is 17.6 Å². The van der Waals surface area contributed by atoms with Gasteiger partial charge in [-0.2, -0.15) is 0 Å². The van der Waals surface area contributed by atoms with Gasteiger partial charge in [0, 0.05) is 24.1 Å². The number of carbonyl (C=O) groups is 1. The number of rotatable bonds is 4.